The summed E-state index contributed by atoms with van der Waals surface area (Å²) in [5, 5.41) is 14.1. The largest absolute Gasteiger partial charge is 0.463 e. The Labute approximate surface area is 198 Å². The van der Waals surface area contributed by atoms with E-state index in [2.05, 4.69) is 10.0 Å². The lowest BCUT2D eigenvalue weighted by atomic mass is 10.0. The lowest BCUT2D eigenvalue weighted by Crippen LogP contribution is -2.40. The smallest absolute Gasteiger partial charge is 0.308 e. The molecule has 0 aliphatic heterocycles. The SMILES string of the molecule is CC(C)OC(=O)CC(NC(=O)c1ccc(S(=O)(=O)NC(C)(C)C)cc1)c1ccccc1[N+](=O)[O-]. The zero-order chi connectivity index (χ0) is 25.7. The van der Waals surface area contributed by atoms with Crippen molar-refractivity contribution >= 4 is 27.6 Å². The highest BCUT2D eigenvalue weighted by Gasteiger charge is 2.27. The zero-order valence-electron chi connectivity index (χ0n) is 19.7. The van der Waals surface area contributed by atoms with Gasteiger partial charge in [-0.3, -0.25) is 19.7 Å². The van der Waals surface area contributed by atoms with Crippen LogP contribution in [-0.4, -0.2) is 36.9 Å². The molecule has 2 aromatic carbocycles. The molecule has 11 heteroatoms. The van der Waals surface area contributed by atoms with E-state index in [0.29, 0.717) is 0 Å². The maximum atomic E-state index is 12.9. The Balaban J connectivity index is 2.32. The normalized spacial score (nSPS) is 12.8. The van der Waals surface area contributed by atoms with Crippen molar-refractivity contribution in [2.75, 3.05) is 0 Å². The van der Waals surface area contributed by atoms with E-state index in [-0.39, 0.29) is 28.1 Å². The molecule has 1 amide bonds. The molecule has 0 saturated heterocycles. The quantitative estimate of drug-likeness (QED) is 0.310. The third-order valence-corrected chi connectivity index (χ3v) is 6.19. The van der Waals surface area contributed by atoms with Crippen molar-refractivity contribution < 1.29 is 27.7 Å². The van der Waals surface area contributed by atoms with Crippen molar-refractivity contribution in [3.63, 3.8) is 0 Å². The van der Waals surface area contributed by atoms with E-state index >= 15 is 0 Å². The molecule has 0 spiro atoms. The number of benzene rings is 2. The molecule has 2 rings (SSSR count). The molecular formula is C23H29N3O7S. The van der Waals surface area contributed by atoms with Gasteiger partial charge in [0.1, 0.15) is 0 Å². The van der Waals surface area contributed by atoms with Gasteiger partial charge in [0.05, 0.1) is 33.9 Å². The molecular weight excluding hydrogens is 462 g/mol. The minimum Gasteiger partial charge on any atom is -0.463 e. The number of para-hydroxylation sites is 1. The molecule has 184 valence electrons. The summed E-state index contributed by atoms with van der Waals surface area (Å²) in [7, 11) is -3.79. The number of nitrogens with zero attached hydrogens (tertiary/aromatic N) is 1. The van der Waals surface area contributed by atoms with Gasteiger partial charge in [-0.2, -0.15) is 0 Å². The van der Waals surface area contributed by atoms with E-state index < -0.39 is 44.5 Å². The Morgan fingerprint density at radius 1 is 1.06 bits per heavy atom. The maximum absolute atomic E-state index is 12.9. The predicted molar refractivity (Wildman–Crippen MR) is 126 cm³/mol. The van der Waals surface area contributed by atoms with E-state index in [1.165, 1.54) is 42.5 Å². The van der Waals surface area contributed by atoms with Crippen LogP contribution in [-0.2, 0) is 19.6 Å². The molecule has 0 heterocycles. The molecule has 34 heavy (non-hydrogen) atoms. The molecule has 0 fully saturated rings. The molecule has 10 nitrogen and oxygen atoms in total. The van der Waals surface area contributed by atoms with E-state index in [1.54, 1.807) is 40.7 Å². The first-order valence-electron chi connectivity index (χ1n) is 10.6. The lowest BCUT2D eigenvalue weighted by Gasteiger charge is -2.21. The fraction of sp³-hybridized carbons (Fsp3) is 0.391. The van der Waals surface area contributed by atoms with Crippen molar-refractivity contribution in [2.24, 2.45) is 0 Å². The molecule has 2 aromatic rings. The zero-order valence-corrected chi connectivity index (χ0v) is 20.5. The van der Waals surface area contributed by atoms with Crippen LogP contribution in [0.3, 0.4) is 0 Å². The molecule has 1 atom stereocenters. The number of hydrogen-bond donors (Lipinski definition) is 2. The predicted octanol–water partition coefficient (Wildman–Crippen LogP) is 3.48. The second kappa shape index (κ2) is 10.7. The number of ether oxygens (including phenoxy) is 1. The van der Waals surface area contributed by atoms with Crippen molar-refractivity contribution in [1.82, 2.24) is 10.0 Å². The van der Waals surface area contributed by atoms with Crippen molar-refractivity contribution in [3.05, 3.63) is 69.8 Å². The first-order valence-corrected chi connectivity index (χ1v) is 12.1. The number of carbonyl (C=O) groups is 2. The Kier molecular flexibility index (Phi) is 8.51. The number of sulfonamides is 1. The molecule has 0 aromatic heterocycles. The van der Waals surface area contributed by atoms with Crippen LogP contribution in [0.5, 0.6) is 0 Å². The summed E-state index contributed by atoms with van der Waals surface area (Å²) < 4.78 is 32.6. The number of nitrogens with one attached hydrogen (secondary N) is 2. The highest BCUT2D eigenvalue weighted by molar-refractivity contribution is 7.89. The van der Waals surface area contributed by atoms with Gasteiger partial charge in [-0.25, -0.2) is 13.1 Å². The third-order valence-electron chi connectivity index (χ3n) is 4.42. The summed E-state index contributed by atoms with van der Waals surface area (Å²) in [4.78, 5) is 36.1. The highest BCUT2D eigenvalue weighted by atomic mass is 32.2. The molecule has 0 aliphatic rings. The summed E-state index contributed by atoms with van der Waals surface area (Å²) in [6.45, 7) is 8.46. The number of hydrogen-bond acceptors (Lipinski definition) is 7. The summed E-state index contributed by atoms with van der Waals surface area (Å²) in [5.41, 5.74) is -0.664. The van der Waals surface area contributed by atoms with E-state index in [9.17, 15) is 28.1 Å². The number of nitro groups is 1. The van der Waals surface area contributed by atoms with Gasteiger partial charge in [-0.05, 0) is 58.9 Å². The fourth-order valence-electron chi connectivity index (χ4n) is 3.15. The van der Waals surface area contributed by atoms with E-state index in [1.807, 2.05) is 0 Å². The second-order valence-electron chi connectivity index (χ2n) is 8.96. The summed E-state index contributed by atoms with van der Waals surface area (Å²) in [6.07, 6.45) is -0.720. The van der Waals surface area contributed by atoms with Crippen LogP contribution in [0, 0.1) is 10.1 Å². The van der Waals surface area contributed by atoms with E-state index in [0.717, 1.165) is 0 Å². The van der Waals surface area contributed by atoms with Crippen LogP contribution in [0.15, 0.2) is 53.4 Å². The topological polar surface area (TPSA) is 145 Å². The Hall–Kier alpha value is -3.31. The number of carbonyl (C=O) groups excluding carboxylic acids is 2. The van der Waals surface area contributed by atoms with Gasteiger partial charge in [-0.1, -0.05) is 18.2 Å². The summed E-state index contributed by atoms with van der Waals surface area (Å²) in [5.74, 6) is -1.26. The fourth-order valence-corrected chi connectivity index (χ4v) is 4.57. The number of nitro benzene ring substituents is 1. The van der Waals surface area contributed by atoms with Crippen LogP contribution >= 0.6 is 0 Å². The second-order valence-corrected chi connectivity index (χ2v) is 10.6. The van der Waals surface area contributed by atoms with Crippen molar-refractivity contribution in [1.29, 1.82) is 0 Å². The van der Waals surface area contributed by atoms with Gasteiger partial charge in [0, 0.05) is 17.2 Å². The van der Waals surface area contributed by atoms with Gasteiger partial charge in [0.15, 0.2) is 0 Å². The standard InChI is InChI=1S/C23H29N3O7S/c1-15(2)33-21(27)14-19(18-8-6-7-9-20(18)26(29)30)24-22(28)16-10-12-17(13-11-16)34(31,32)25-23(3,4)5/h6-13,15,19,25H,14H2,1-5H3,(H,24,28). The van der Waals surface area contributed by atoms with Crippen LogP contribution < -0.4 is 10.0 Å². The maximum Gasteiger partial charge on any atom is 0.308 e. The summed E-state index contributed by atoms with van der Waals surface area (Å²) >= 11 is 0. The lowest BCUT2D eigenvalue weighted by molar-refractivity contribution is -0.385. The average Bonchev–Trinajstić information content (AvgIpc) is 2.71. The van der Waals surface area contributed by atoms with Gasteiger partial charge in [0.25, 0.3) is 11.6 Å². The first kappa shape index (κ1) is 26.9. The van der Waals surface area contributed by atoms with Crippen LogP contribution in [0.2, 0.25) is 0 Å². The summed E-state index contributed by atoms with van der Waals surface area (Å²) in [6, 6.07) is 9.99. The molecule has 2 N–H and O–H groups in total. The monoisotopic (exact) mass is 491 g/mol. The van der Waals surface area contributed by atoms with Crippen LogP contribution in [0.25, 0.3) is 0 Å². The highest BCUT2D eigenvalue weighted by Crippen LogP contribution is 2.28. The average molecular weight is 492 g/mol. The van der Waals surface area contributed by atoms with Gasteiger partial charge < -0.3 is 10.1 Å². The van der Waals surface area contributed by atoms with Crippen molar-refractivity contribution in [2.45, 2.75) is 63.6 Å². The van der Waals surface area contributed by atoms with Crippen LogP contribution in [0.4, 0.5) is 5.69 Å². The molecule has 0 saturated carbocycles. The van der Waals surface area contributed by atoms with Gasteiger partial charge in [0.2, 0.25) is 10.0 Å². The first-order chi connectivity index (χ1) is 15.7. The van der Waals surface area contributed by atoms with Crippen molar-refractivity contribution in [3.8, 4) is 0 Å². The molecule has 0 aliphatic carbocycles. The van der Waals surface area contributed by atoms with Crippen LogP contribution in [0.1, 0.15) is 63.0 Å². The minimum atomic E-state index is -3.79. The minimum absolute atomic E-state index is 0.0188. The number of rotatable bonds is 9. The third kappa shape index (κ3) is 7.63. The van der Waals surface area contributed by atoms with E-state index in [4.69, 9.17) is 4.74 Å². The molecule has 0 bridgehead atoms. The Morgan fingerprint density at radius 2 is 1.65 bits per heavy atom. The molecule has 0 radical (unpaired) electrons. The number of amides is 1. The Morgan fingerprint density at radius 3 is 2.18 bits per heavy atom. The molecule has 1 unspecified atom stereocenters. The number of esters is 1. The van der Waals surface area contributed by atoms with Gasteiger partial charge >= 0.3 is 5.97 Å². The van der Waals surface area contributed by atoms with Gasteiger partial charge in [-0.15, -0.1) is 0 Å². The Bertz CT molecular complexity index is 1150.